The molecule has 0 aliphatic heterocycles. The predicted molar refractivity (Wildman–Crippen MR) is 107 cm³/mol. The van der Waals surface area contributed by atoms with Gasteiger partial charge in [0.1, 0.15) is 18.2 Å². The van der Waals surface area contributed by atoms with Crippen LogP contribution >= 0.6 is 0 Å². The fourth-order valence-electron chi connectivity index (χ4n) is 2.72. The molecule has 27 heavy (non-hydrogen) atoms. The highest BCUT2D eigenvalue weighted by Gasteiger charge is 2.37. The van der Waals surface area contributed by atoms with Gasteiger partial charge in [-0.2, -0.15) is 15.0 Å². The molecule has 5 nitrogen and oxygen atoms in total. The third kappa shape index (κ3) is 4.65. The van der Waals surface area contributed by atoms with Gasteiger partial charge in [0.25, 0.3) is 0 Å². The molecule has 0 radical (unpaired) electrons. The lowest BCUT2D eigenvalue weighted by Gasteiger charge is -2.36. The van der Waals surface area contributed by atoms with Crippen molar-refractivity contribution in [1.29, 1.82) is 0 Å². The molecule has 0 saturated heterocycles. The Morgan fingerprint density at radius 2 is 1.89 bits per heavy atom. The standard InChI is InChI=1S/C20H28FN3O2Si/c1-20(2,3)27(4,5)26-14-15-10-16-12-17(13-19(21)18(16)11-15)25-9-8-24-22-6-7-23-24/h6-7,11-13H,8-10,14H2,1-5H3. The maximum absolute atomic E-state index is 14.5. The Kier molecular flexibility index (Phi) is 5.53. The number of halogens is 1. The SMILES string of the molecule is CC(C)(C)[Si](C)(C)OCC1=Cc2c(F)cc(OCCn3nccn3)cc2C1. The number of benzene rings is 1. The van der Waals surface area contributed by atoms with E-state index in [0.29, 0.717) is 37.5 Å². The van der Waals surface area contributed by atoms with E-state index in [1.165, 1.54) is 6.07 Å². The molecular formula is C20H28FN3O2Si. The average molecular weight is 390 g/mol. The molecule has 0 spiro atoms. The van der Waals surface area contributed by atoms with E-state index in [2.05, 4.69) is 44.1 Å². The minimum Gasteiger partial charge on any atom is -0.491 e. The van der Waals surface area contributed by atoms with Crippen LogP contribution in [0.1, 0.15) is 31.9 Å². The van der Waals surface area contributed by atoms with Crippen LogP contribution in [-0.2, 0) is 17.4 Å². The molecule has 0 amide bonds. The summed E-state index contributed by atoms with van der Waals surface area (Å²) < 4.78 is 26.5. The fourth-order valence-corrected chi connectivity index (χ4v) is 3.70. The summed E-state index contributed by atoms with van der Waals surface area (Å²) in [6.07, 6.45) is 5.87. The second-order valence-corrected chi connectivity index (χ2v) is 13.3. The van der Waals surface area contributed by atoms with Gasteiger partial charge in [-0.1, -0.05) is 20.8 Å². The number of aromatic nitrogens is 3. The third-order valence-corrected chi connectivity index (χ3v) is 9.88. The molecular weight excluding hydrogens is 361 g/mol. The first-order chi connectivity index (χ1) is 12.7. The van der Waals surface area contributed by atoms with Crippen molar-refractivity contribution in [1.82, 2.24) is 15.0 Å². The minimum absolute atomic E-state index is 0.161. The van der Waals surface area contributed by atoms with Crippen LogP contribution in [0.3, 0.4) is 0 Å². The molecule has 1 heterocycles. The van der Waals surface area contributed by atoms with E-state index in [1.807, 2.05) is 12.1 Å². The van der Waals surface area contributed by atoms with Crippen molar-refractivity contribution in [3.8, 4) is 5.75 Å². The van der Waals surface area contributed by atoms with Crippen molar-refractivity contribution in [2.24, 2.45) is 0 Å². The molecule has 2 aromatic rings. The van der Waals surface area contributed by atoms with Crippen LogP contribution in [0, 0.1) is 5.82 Å². The number of fused-ring (bicyclic) bond motifs is 1. The molecule has 0 unspecified atom stereocenters. The summed E-state index contributed by atoms with van der Waals surface area (Å²) in [5.41, 5.74) is 2.73. The first-order valence-electron chi connectivity index (χ1n) is 9.28. The molecule has 0 saturated carbocycles. The van der Waals surface area contributed by atoms with Gasteiger partial charge in [-0.25, -0.2) is 4.39 Å². The van der Waals surface area contributed by atoms with E-state index < -0.39 is 8.32 Å². The Balaban J connectivity index is 1.60. The number of hydrogen-bond donors (Lipinski definition) is 0. The van der Waals surface area contributed by atoms with Crippen molar-refractivity contribution in [3.63, 3.8) is 0 Å². The van der Waals surface area contributed by atoms with E-state index >= 15 is 0 Å². The highest BCUT2D eigenvalue weighted by atomic mass is 28.4. The quantitative estimate of drug-likeness (QED) is 0.656. The van der Waals surface area contributed by atoms with Crippen LogP contribution in [0.4, 0.5) is 4.39 Å². The summed E-state index contributed by atoms with van der Waals surface area (Å²) in [6, 6.07) is 3.37. The van der Waals surface area contributed by atoms with E-state index in [9.17, 15) is 4.39 Å². The zero-order valence-corrected chi connectivity index (χ0v) is 17.8. The number of hydrogen-bond acceptors (Lipinski definition) is 4. The van der Waals surface area contributed by atoms with E-state index in [4.69, 9.17) is 9.16 Å². The second-order valence-electron chi connectivity index (χ2n) is 8.48. The molecule has 1 aliphatic rings. The van der Waals surface area contributed by atoms with Crippen molar-refractivity contribution < 1.29 is 13.6 Å². The molecule has 0 bridgehead atoms. The average Bonchev–Trinajstić information content (AvgIpc) is 3.21. The molecule has 0 fully saturated rings. The van der Waals surface area contributed by atoms with Crippen LogP contribution in [0.5, 0.6) is 5.75 Å². The van der Waals surface area contributed by atoms with Gasteiger partial charge < -0.3 is 9.16 Å². The van der Waals surface area contributed by atoms with Crippen LogP contribution in [0.25, 0.3) is 6.08 Å². The fraction of sp³-hybridized carbons (Fsp3) is 0.500. The lowest BCUT2D eigenvalue weighted by molar-refractivity contribution is 0.280. The Bertz CT molecular complexity index is 826. The van der Waals surface area contributed by atoms with E-state index in [1.54, 1.807) is 17.2 Å². The van der Waals surface area contributed by atoms with E-state index in [0.717, 1.165) is 11.1 Å². The van der Waals surface area contributed by atoms with Crippen LogP contribution in [0.2, 0.25) is 18.1 Å². The van der Waals surface area contributed by atoms with Gasteiger partial charge in [-0.3, -0.25) is 0 Å². The Morgan fingerprint density at radius 3 is 2.56 bits per heavy atom. The van der Waals surface area contributed by atoms with Crippen molar-refractivity contribution in [3.05, 3.63) is 47.0 Å². The Hall–Kier alpha value is -1.99. The van der Waals surface area contributed by atoms with Crippen molar-refractivity contribution in [2.75, 3.05) is 13.2 Å². The third-order valence-electron chi connectivity index (χ3n) is 5.41. The van der Waals surface area contributed by atoms with Crippen molar-refractivity contribution in [2.45, 2.75) is 51.9 Å². The monoisotopic (exact) mass is 389 g/mol. The molecule has 0 atom stereocenters. The van der Waals surface area contributed by atoms with Crippen LogP contribution < -0.4 is 4.74 Å². The zero-order valence-electron chi connectivity index (χ0n) is 16.8. The molecule has 146 valence electrons. The van der Waals surface area contributed by atoms with Gasteiger partial charge in [-0.05, 0) is 47.8 Å². The van der Waals surface area contributed by atoms with Gasteiger partial charge in [0, 0.05) is 11.6 Å². The minimum atomic E-state index is -1.82. The van der Waals surface area contributed by atoms with E-state index in [-0.39, 0.29) is 10.9 Å². The summed E-state index contributed by atoms with van der Waals surface area (Å²) in [5, 5.41) is 8.21. The van der Waals surface area contributed by atoms with Crippen LogP contribution in [-0.4, -0.2) is 36.5 Å². The summed E-state index contributed by atoms with van der Waals surface area (Å²) in [7, 11) is -1.82. The van der Waals surface area contributed by atoms with Gasteiger partial charge in [0.05, 0.1) is 25.5 Å². The lowest BCUT2D eigenvalue weighted by atomic mass is 10.1. The number of ether oxygens (including phenoxy) is 1. The Morgan fingerprint density at radius 1 is 1.19 bits per heavy atom. The normalized spacial score (nSPS) is 14.2. The smallest absolute Gasteiger partial charge is 0.192 e. The topological polar surface area (TPSA) is 49.2 Å². The number of rotatable bonds is 7. The Labute approximate surface area is 161 Å². The maximum Gasteiger partial charge on any atom is 0.192 e. The molecule has 0 N–H and O–H groups in total. The van der Waals surface area contributed by atoms with Gasteiger partial charge in [0.15, 0.2) is 8.32 Å². The molecule has 1 aromatic carbocycles. The molecule has 1 aromatic heterocycles. The summed E-state index contributed by atoms with van der Waals surface area (Å²) >= 11 is 0. The second kappa shape index (κ2) is 7.56. The zero-order chi connectivity index (χ0) is 19.7. The lowest BCUT2D eigenvalue weighted by Crippen LogP contribution is -2.41. The maximum atomic E-state index is 14.5. The summed E-state index contributed by atoms with van der Waals surface area (Å²) in [4.78, 5) is 1.54. The highest BCUT2D eigenvalue weighted by Crippen LogP contribution is 2.38. The van der Waals surface area contributed by atoms with Gasteiger partial charge >= 0.3 is 0 Å². The molecule has 7 heteroatoms. The first-order valence-corrected chi connectivity index (χ1v) is 12.2. The van der Waals surface area contributed by atoms with Crippen molar-refractivity contribution >= 4 is 14.4 Å². The van der Waals surface area contributed by atoms with Crippen LogP contribution in [0.15, 0.2) is 30.1 Å². The van der Waals surface area contributed by atoms with Gasteiger partial charge in [0.2, 0.25) is 0 Å². The first kappa shape index (κ1) is 19.8. The highest BCUT2D eigenvalue weighted by molar-refractivity contribution is 6.74. The largest absolute Gasteiger partial charge is 0.491 e. The molecule has 1 aliphatic carbocycles. The van der Waals surface area contributed by atoms with Gasteiger partial charge in [-0.15, -0.1) is 0 Å². The summed E-state index contributed by atoms with van der Waals surface area (Å²) in [6.45, 7) is 12.6. The molecule has 3 rings (SSSR count). The predicted octanol–water partition coefficient (Wildman–Crippen LogP) is 4.46. The number of nitrogens with zero attached hydrogens (tertiary/aromatic N) is 3. The summed E-state index contributed by atoms with van der Waals surface area (Å²) in [5.74, 6) is 0.292.